The van der Waals surface area contributed by atoms with E-state index >= 15 is 0 Å². The molecule has 11 nitrogen and oxygen atoms in total. The Kier molecular flexibility index (Phi) is 6.91. The number of esters is 1. The van der Waals surface area contributed by atoms with Gasteiger partial charge in [0.1, 0.15) is 5.57 Å². The quantitative estimate of drug-likeness (QED) is 0.211. The molecule has 2 aromatic carbocycles. The molecule has 1 heterocycles. The highest BCUT2D eigenvalue weighted by atomic mass is 16.6. The maximum absolute atomic E-state index is 12.8. The topological polar surface area (TPSA) is 137 Å². The van der Waals surface area contributed by atoms with E-state index in [2.05, 4.69) is 5.43 Å². The zero-order valence-electron chi connectivity index (χ0n) is 18.1. The molecule has 2 aromatic rings. The summed E-state index contributed by atoms with van der Waals surface area (Å²) in [5.41, 5.74) is 2.34. The highest BCUT2D eigenvalue weighted by molar-refractivity contribution is 6.31. The second-order valence-electron chi connectivity index (χ2n) is 7.13. The average Bonchev–Trinajstić information content (AvgIpc) is 3.05. The third-order valence-corrected chi connectivity index (χ3v) is 4.39. The Labute approximate surface area is 188 Å². The molecule has 0 bridgehead atoms. The van der Waals surface area contributed by atoms with Gasteiger partial charge in [-0.05, 0) is 43.7 Å². The molecular formula is C22H21N3O8. The molecular weight excluding hydrogens is 434 g/mol. The van der Waals surface area contributed by atoms with Gasteiger partial charge < -0.3 is 14.2 Å². The summed E-state index contributed by atoms with van der Waals surface area (Å²) in [6, 6.07) is 10.9. The van der Waals surface area contributed by atoms with E-state index in [1.165, 1.54) is 19.3 Å². The average molecular weight is 455 g/mol. The summed E-state index contributed by atoms with van der Waals surface area (Å²) in [7, 11) is 1.26. The van der Waals surface area contributed by atoms with E-state index in [-0.39, 0.29) is 28.7 Å². The van der Waals surface area contributed by atoms with E-state index in [4.69, 9.17) is 14.2 Å². The van der Waals surface area contributed by atoms with Crippen LogP contribution in [0, 0.1) is 10.1 Å². The first-order valence-corrected chi connectivity index (χ1v) is 9.82. The molecule has 0 radical (unpaired) electrons. The summed E-state index contributed by atoms with van der Waals surface area (Å²) in [5, 5.41) is 12.7. The number of hydrazine groups is 1. The largest absolute Gasteiger partial charge is 0.493 e. The molecule has 11 heteroatoms. The molecule has 0 spiro atoms. The molecule has 0 saturated carbocycles. The molecule has 0 unspecified atom stereocenters. The number of rotatable bonds is 8. The second kappa shape index (κ2) is 9.81. The lowest BCUT2D eigenvalue weighted by atomic mass is 10.1. The molecule has 0 atom stereocenters. The van der Waals surface area contributed by atoms with Crippen molar-refractivity contribution in [1.29, 1.82) is 0 Å². The molecule has 33 heavy (non-hydrogen) atoms. The van der Waals surface area contributed by atoms with E-state index in [1.54, 1.807) is 44.2 Å². The Morgan fingerprint density at radius 1 is 1.21 bits per heavy atom. The van der Waals surface area contributed by atoms with Crippen LogP contribution in [-0.2, 0) is 19.1 Å². The van der Waals surface area contributed by atoms with Gasteiger partial charge in [0.2, 0.25) is 5.75 Å². The van der Waals surface area contributed by atoms with Gasteiger partial charge in [-0.1, -0.05) is 18.2 Å². The van der Waals surface area contributed by atoms with Gasteiger partial charge in [0, 0.05) is 6.07 Å². The number of nitrogens with one attached hydrogen (secondary N) is 1. The standard InChI is InChI=1S/C22H21N3O8/c1-13(2)33-19(26)12-32-20-17(25(29)30)10-14(11-18(20)31-3)9-16-21(27)23-24(22(16)28)15-7-5-4-6-8-15/h4-11,13H,12H2,1-3H3,(H,23,27). The van der Waals surface area contributed by atoms with E-state index in [0.29, 0.717) is 5.69 Å². The van der Waals surface area contributed by atoms with Crippen LogP contribution >= 0.6 is 0 Å². The molecule has 1 saturated heterocycles. The van der Waals surface area contributed by atoms with E-state index in [1.807, 2.05) is 0 Å². The molecule has 172 valence electrons. The Morgan fingerprint density at radius 3 is 2.52 bits per heavy atom. The first kappa shape index (κ1) is 23.3. The van der Waals surface area contributed by atoms with Crippen molar-refractivity contribution in [1.82, 2.24) is 5.43 Å². The van der Waals surface area contributed by atoms with Gasteiger partial charge in [0.05, 0.1) is 23.8 Å². The highest BCUT2D eigenvalue weighted by Crippen LogP contribution is 2.39. The fourth-order valence-electron chi connectivity index (χ4n) is 3.03. The van der Waals surface area contributed by atoms with E-state index in [9.17, 15) is 24.5 Å². The zero-order chi connectivity index (χ0) is 24.1. The number of methoxy groups -OCH3 is 1. The van der Waals surface area contributed by atoms with Crippen LogP contribution in [0.4, 0.5) is 11.4 Å². The predicted molar refractivity (Wildman–Crippen MR) is 116 cm³/mol. The number of benzene rings is 2. The number of nitrogens with zero attached hydrogens (tertiary/aromatic N) is 2. The lowest BCUT2D eigenvalue weighted by Gasteiger charge is -2.14. The fraction of sp³-hybridized carbons (Fsp3) is 0.227. The van der Waals surface area contributed by atoms with Crippen molar-refractivity contribution in [2.24, 2.45) is 0 Å². The maximum Gasteiger partial charge on any atom is 0.344 e. The number of amides is 2. The van der Waals surface area contributed by atoms with Crippen LogP contribution < -0.4 is 19.9 Å². The molecule has 2 amide bonds. The minimum Gasteiger partial charge on any atom is -0.493 e. The summed E-state index contributed by atoms with van der Waals surface area (Å²) >= 11 is 0. The first-order chi connectivity index (χ1) is 15.7. The number of nitro benzene ring substituents is 1. The van der Waals surface area contributed by atoms with Gasteiger partial charge >= 0.3 is 11.7 Å². The summed E-state index contributed by atoms with van der Waals surface area (Å²) in [4.78, 5) is 47.8. The molecule has 1 fully saturated rings. The number of anilines is 1. The van der Waals surface area contributed by atoms with Crippen LogP contribution in [0.15, 0.2) is 48.0 Å². The smallest absolute Gasteiger partial charge is 0.344 e. The van der Waals surface area contributed by atoms with E-state index < -0.39 is 35.0 Å². The van der Waals surface area contributed by atoms with Gasteiger partial charge in [-0.3, -0.25) is 25.1 Å². The number of hydrogen-bond donors (Lipinski definition) is 1. The number of para-hydroxylation sites is 1. The monoisotopic (exact) mass is 455 g/mol. The van der Waals surface area contributed by atoms with Gasteiger partial charge in [0.25, 0.3) is 11.8 Å². The third kappa shape index (κ3) is 5.26. The lowest BCUT2D eigenvalue weighted by Crippen LogP contribution is -2.35. The number of carbonyl (C=O) groups excluding carboxylic acids is 3. The minimum absolute atomic E-state index is 0.0563. The van der Waals surface area contributed by atoms with Crippen LogP contribution in [0.1, 0.15) is 19.4 Å². The second-order valence-corrected chi connectivity index (χ2v) is 7.13. The Balaban J connectivity index is 1.94. The molecule has 1 aliphatic rings. The Bertz CT molecular complexity index is 1130. The fourth-order valence-corrected chi connectivity index (χ4v) is 3.03. The SMILES string of the molecule is COc1cc(C=C2C(=O)NN(c3ccccc3)C2=O)cc([N+](=O)[O-])c1OCC(=O)OC(C)C. The first-order valence-electron chi connectivity index (χ1n) is 9.82. The zero-order valence-corrected chi connectivity index (χ0v) is 18.1. The summed E-state index contributed by atoms with van der Waals surface area (Å²) in [5.74, 6) is -2.33. The van der Waals surface area contributed by atoms with Crippen LogP contribution in [0.5, 0.6) is 11.5 Å². The van der Waals surface area contributed by atoms with Gasteiger partial charge in [-0.2, -0.15) is 0 Å². The Hall–Kier alpha value is -4.41. The van der Waals surface area contributed by atoms with Gasteiger partial charge in [-0.25, -0.2) is 9.80 Å². The van der Waals surface area contributed by atoms with Crippen molar-refractivity contribution >= 4 is 35.2 Å². The molecule has 1 N–H and O–H groups in total. The van der Waals surface area contributed by atoms with Crippen LogP contribution in [0.2, 0.25) is 0 Å². The summed E-state index contributed by atoms with van der Waals surface area (Å²) in [6.45, 7) is 2.74. The van der Waals surface area contributed by atoms with Crippen LogP contribution in [-0.4, -0.2) is 42.5 Å². The number of hydrogen-bond acceptors (Lipinski definition) is 8. The molecule has 0 aromatic heterocycles. The number of nitro groups is 1. The van der Waals surface area contributed by atoms with Crippen LogP contribution in [0.3, 0.4) is 0 Å². The van der Waals surface area contributed by atoms with E-state index in [0.717, 1.165) is 11.1 Å². The summed E-state index contributed by atoms with van der Waals surface area (Å²) in [6.07, 6.45) is 0.838. The predicted octanol–water partition coefficient (Wildman–Crippen LogP) is 2.40. The molecule has 0 aliphatic carbocycles. The minimum atomic E-state index is -0.722. The number of carbonyl (C=O) groups is 3. The number of ether oxygens (including phenoxy) is 3. The highest BCUT2D eigenvalue weighted by Gasteiger charge is 2.35. The van der Waals surface area contributed by atoms with Gasteiger partial charge in [-0.15, -0.1) is 0 Å². The van der Waals surface area contributed by atoms with Crippen molar-refractivity contribution < 1.29 is 33.5 Å². The summed E-state index contributed by atoms with van der Waals surface area (Å²) < 4.78 is 15.5. The molecule has 1 aliphatic heterocycles. The van der Waals surface area contributed by atoms with Crippen molar-refractivity contribution in [2.75, 3.05) is 18.7 Å². The maximum atomic E-state index is 12.8. The molecule has 3 rings (SSSR count). The van der Waals surface area contributed by atoms with Crippen LogP contribution in [0.25, 0.3) is 6.08 Å². The lowest BCUT2D eigenvalue weighted by molar-refractivity contribution is -0.385. The van der Waals surface area contributed by atoms with Crippen molar-refractivity contribution in [2.45, 2.75) is 20.0 Å². The van der Waals surface area contributed by atoms with Crippen molar-refractivity contribution in [3.63, 3.8) is 0 Å². The van der Waals surface area contributed by atoms with Crippen molar-refractivity contribution in [3.05, 3.63) is 63.7 Å². The normalized spacial score (nSPS) is 14.4. The van der Waals surface area contributed by atoms with Gasteiger partial charge in [0.15, 0.2) is 12.4 Å². The van der Waals surface area contributed by atoms with Crippen molar-refractivity contribution in [3.8, 4) is 11.5 Å². The third-order valence-electron chi connectivity index (χ3n) is 4.39. The Morgan fingerprint density at radius 2 is 1.91 bits per heavy atom.